The van der Waals surface area contributed by atoms with Crippen LogP contribution in [-0.4, -0.2) is 35.2 Å². The van der Waals surface area contributed by atoms with Gasteiger partial charge in [0.2, 0.25) is 0 Å². The van der Waals surface area contributed by atoms with Crippen LogP contribution in [0.1, 0.15) is 17.5 Å². The number of para-hydroxylation sites is 3. The molecule has 0 aliphatic carbocycles. The molecule has 0 aromatic heterocycles. The molecule has 5 nitrogen and oxygen atoms in total. The van der Waals surface area contributed by atoms with E-state index in [0.29, 0.717) is 30.9 Å². The van der Waals surface area contributed by atoms with Crippen molar-refractivity contribution in [3.63, 3.8) is 0 Å². The Labute approximate surface area is 141 Å². The third kappa shape index (κ3) is 3.51. The Balaban J connectivity index is 1.79. The number of urea groups is 1. The second-order valence-electron chi connectivity index (χ2n) is 6.14. The van der Waals surface area contributed by atoms with Crippen molar-refractivity contribution in [2.75, 3.05) is 18.4 Å². The molecule has 126 valence electrons. The van der Waals surface area contributed by atoms with Crippen molar-refractivity contribution in [1.82, 2.24) is 4.90 Å². The van der Waals surface area contributed by atoms with Gasteiger partial charge in [-0.25, -0.2) is 4.79 Å². The number of carbonyl (C=O) groups is 1. The Kier molecular flexibility index (Phi) is 4.71. The highest BCUT2D eigenvalue weighted by Crippen LogP contribution is 2.33. The quantitative estimate of drug-likeness (QED) is 0.904. The molecule has 2 aromatic rings. The van der Waals surface area contributed by atoms with Crippen molar-refractivity contribution < 1.29 is 14.6 Å². The lowest BCUT2D eigenvalue weighted by atomic mass is 10.1. The van der Waals surface area contributed by atoms with Crippen molar-refractivity contribution in [2.24, 2.45) is 0 Å². The first-order valence-corrected chi connectivity index (χ1v) is 8.11. The summed E-state index contributed by atoms with van der Waals surface area (Å²) in [5.74, 6) is 1.40. The van der Waals surface area contributed by atoms with Gasteiger partial charge in [0.25, 0.3) is 0 Å². The number of aliphatic hydroxyl groups excluding tert-OH is 1. The molecule has 0 saturated carbocycles. The molecule has 1 atom stereocenters. The molecule has 2 aromatic carbocycles. The lowest BCUT2D eigenvalue weighted by Crippen LogP contribution is -2.33. The smallest absolute Gasteiger partial charge is 0.322 e. The summed E-state index contributed by atoms with van der Waals surface area (Å²) >= 11 is 0. The molecule has 1 aliphatic heterocycles. The van der Waals surface area contributed by atoms with Gasteiger partial charge in [-0.2, -0.15) is 0 Å². The normalized spacial score (nSPS) is 17.0. The van der Waals surface area contributed by atoms with Gasteiger partial charge in [0.1, 0.15) is 5.75 Å². The van der Waals surface area contributed by atoms with Gasteiger partial charge >= 0.3 is 6.03 Å². The number of ether oxygens (including phenoxy) is 1. The third-order valence-corrected chi connectivity index (χ3v) is 4.20. The number of likely N-dealkylation sites (tertiary alicyclic amines) is 1. The summed E-state index contributed by atoms with van der Waals surface area (Å²) in [6.07, 6.45) is 0.186. The molecule has 24 heavy (non-hydrogen) atoms. The highest BCUT2D eigenvalue weighted by atomic mass is 16.5. The Bertz CT molecular complexity index is 725. The van der Waals surface area contributed by atoms with Crippen LogP contribution in [0.3, 0.4) is 0 Å². The fraction of sp³-hybridized carbons (Fsp3) is 0.316. The van der Waals surface area contributed by atoms with Gasteiger partial charge in [-0.15, -0.1) is 0 Å². The van der Waals surface area contributed by atoms with Crippen molar-refractivity contribution in [1.29, 1.82) is 0 Å². The highest BCUT2D eigenvalue weighted by Gasteiger charge is 2.25. The number of carbonyl (C=O) groups excluding carboxylic acids is 1. The molecule has 3 rings (SSSR count). The van der Waals surface area contributed by atoms with E-state index in [-0.39, 0.29) is 6.03 Å². The number of amides is 2. The minimum atomic E-state index is -0.433. The van der Waals surface area contributed by atoms with E-state index in [0.717, 1.165) is 16.9 Å². The van der Waals surface area contributed by atoms with Gasteiger partial charge in [-0.1, -0.05) is 30.3 Å². The maximum absolute atomic E-state index is 12.3. The Morgan fingerprint density at radius 2 is 1.88 bits per heavy atom. The van der Waals surface area contributed by atoms with Gasteiger partial charge in [0, 0.05) is 13.1 Å². The molecule has 5 heteroatoms. The van der Waals surface area contributed by atoms with Crippen LogP contribution in [0.5, 0.6) is 11.5 Å². The average molecular weight is 326 g/mol. The second kappa shape index (κ2) is 6.93. The average Bonchev–Trinajstić information content (AvgIpc) is 2.99. The number of nitrogens with one attached hydrogen (secondary N) is 1. The number of rotatable bonds is 3. The first-order chi connectivity index (χ1) is 11.5. The minimum absolute atomic E-state index is 0.218. The molecule has 2 amide bonds. The highest BCUT2D eigenvalue weighted by molar-refractivity contribution is 5.91. The number of hydrogen-bond donors (Lipinski definition) is 2. The standard InChI is InChI=1S/C19H22N2O3/c1-13-6-5-7-14(2)18(13)24-17-9-4-3-8-16(17)20-19(23)21-11-10-15(22)12-21/h3-9,15,22H,10-12H2,1-2H3,(H,20,23)/t15-/m1/s1. The lowest BCUT2D eigenvalue weighted by molar-refractivity contribution is 0.176. The number of β-amino-alcohol motifs (C(OH)–C–C–N with tert-alkyl or cyclic N) is 1. The summed E-state index contributed by atoms with van der Waals surface area (Å²) in [7, 11) is 0. The second-order valence-corrected chi connectivity index (χ2v) is 6.14. The predicted molar refractivity (Wildman–Crippen MR) is 93.6 cm³/mol. The van der Waals surface area contributed by atoms with Crippen LogP contribution in [0.15, 0.2) is 42.5 Å². The molecule has 0 spiro atoms. The Hall–Kier alpha value is -2.53. The van der Waals surface area contributed by atoms with Crippen LogP contribution in [-0.2, 0) is 0 Å². The van der Waals surface area contributed by atoms with E-state index in [4.69, 9.17) is 4.74 Å². The molecule has 1 fully saturated rings. The fourth-order valence-corrected chi connectivity index (χ4v) is 2.85. The first-order valence-electron chi connectivity index (χ1n) is 8.11. The number of anilines is 1. The van der Waals surface area contributed by atoms with Crippen molar-refractivity contribution in [2.45, 2.75) is 26.4 Å². The Morgan fingerprint density at radius 1 is 1.17 bits per heavy atom. The largest absolute Gasteiger partial charge is 0.455 e. The lowest BCUT2D eigenvalue weighted by Gasteiger charge is -2.19. The van der Waals surface area contributed by atoms with E-state index in [2.05, 4.69) is 5.32 Å². The summed E-state index contributed by atoms with van der Waals surface area (Å²) in [6.45, 7) is 4.92. The van der Waals surface area contributed by atoms with Gasteiger partial charge in [-0.05, 0) is 43.5 Å². The maximum Gasteiger partial charge on any atom is 0.322 e. The van der Waals surface area contributed by atoms with Crippen LogP contribution in [0.4, 0.5) is 10.5 Å². The van der Waals surface area contributed by atoms with Gasteiger partial charge < -0.3 is 20.1 Å². The summed E-state index contributed by atoms with van der Waals surface area (Å²) in [5, 5.41) is 12.5. The van der Waals surface area contributed by atoms with Gasteiger partial charge in [0.05, 0.1) is 11.8 Å². The van der Waals surface area contributed by atoms with Crippen molar-refractivity contribution >= 4 is 11.7 Å². The molecular formula is C19H22N2O3. The number of nitrogens with zero attached hydrogens (tertiary/aromatic N) is 1. The van der Waals surface area contributed by atoms with Gasteiger partial charge in [0.15, 0.2) is 5.75 Å². The maximum atomic E-state index is 12.3. The Morgan fingerprint density at radius 3 is 2.54 bits per heavy atom. The zero-order valence-corrected chi connectivity index (χ0v) is 14.0. The number of benzene rings is 2. The molecular weight excluding hydrogens is 304 g/mol. The third-order valence-electron chi connectivity index (χ3n) is 4.20. The summed E-state index contributed by atoms with van der Waals surface area (Å²) in [6, 6.07) is 13.1. The van der Waals surface area contributed by atoms with E-state index >= 15 is 0 Å². The molecule has 1 saturated heterocycles. The van der Waals surface area contributed by atoms with Crippen LogP contribution in [0, 0.1) is 13.8 Å². The summed E-state index contributed by atoms with van der Waals surface area (Å²) in [4.78, 5) is 14.0. The predicted octanol–water partition coefficient (Wildman–Crippen LogP) is 3.69. The van der Waals surface area contributed by atoms with Crippen molar-refractivity contribution in [3.8, 4) is 11.5 Å². The van der Waals surface area contributed by atoms with Crippen LogP contribution >= 0.6 is 0 Å². The fourth-order valence-electron chi connectivity index (χ4n) is 2.85. The monoisotopic (exact) mass is 326 g/mol. The van der Waals surface area contributed by atoms with Crippen LogP contribution in [0.2, 0.25) is 0 Å². The number of aliphatic hydroxyl groups is 1. The van der Waals surface area contributed by atoms with E-state index in [9.17, 15) is 9.90 Å². The molecule has 0 bridgehead atoms. The van der Waals surface area contributed by atoms with Crippen LogP contribution in [0.25, 0.3) is 0 Å². The van der Waals surface area contributed by atoms with E-state index < -0.39 is 6.10 Å². The van der Waals surface area contributed by atoms with Gasteiger partial charge in [-0.3, -0.25) is 0 Å². The van der Waals surface area contributed by atoms with Crippen LogP contribution < -0.4 is 10.1 Å². The van der Waals surface area contributed by atoms with E-state index in [1.807, 2.05) is 56.3 Å². The van der Waals surface area contributed by atoms with E-state index in [1.54, 1.807) is 4.90 Å². The number of aryl methyl sites for hydroxylation is 2. The summed E-state index contributed by atoms with van der Waals surface area (Å²) in [5.41, 5.74) is 2.70. The molecule has 1 aliphatic rings. The molecule has 2 N–H and O–H groups in total. The topological polar surface area (TPSA) is 61.8 Å². The number of hydrogen-bond acceptors (Lipinski definition) is 3. The zero-order valence-electron chi connectivity index (χ0n) is 14.0. The molecule has 0 unspecified atom stereocenters. The van der Waals surface area contributed by atoms with Crippen molar-refractivity contribution in [3.05, 3.63) is 53.6 Å². The molecule has 0 radical (unpaired) electrons. The first kappa shape index (κ1) is 16.3. The SMILES string of the molecule is Cc1cccc(C)c1Oc1ccccc1NC(=O)N1CC[C@@H](O)C1. The van der Waals surface area contributed by atoms with E-state index in [1.165, 1.54) is 0 Å². The zero-order chi connectivity index (χ0) is 17.1. The molecule has 1 heterocycles. The minimum Gasteiger partial charge on any atom is -0.455 e. The summed E-state index contributed by atoms with van der Waals surface area (Å²) < 4.78 is 6.07.